The third kappa shape index (κ3) is 3.91. The zero-order valence-corrected chi connectivity index (χ0v) is 12.7. The minimum absolute atomic E-state index is 0.512. The highest BCUT2D eigenvalue weighted by Gasteiger charge is 2.05. The van der Waals surface area contributed by atoms with Gasteiger partial charge in [-0.2, -0.15) is 5.26 Å². The van der Waals surface area contributed by atoms with E-state index in [2.05, 4.69) is 43.3 Å². The largest absolute Gasteiger partial charge is 0.359 e. The number of hydrogen-bond acceptors (Lipinski definition) is 6. The monoisotopic (exact) mass is 337 g/mol. The molecule has 2 heterocycles. The zero-order valence-electron chi connectivity index (χ0n) is 10.3. The molecule has 19 heavy (non-hydrogen) atoms. The number of nitrogens with one attached hydrogen (secondary N) is 1. The third-order valence-electron chi connectivity index (χ3n) is 2.55. The summed E-state index contributed by atoms with van der Waals surface area (Å²) in [6.45, 7) is 0.857. The number of halogens is 1. The summed E-state index contributed by atoms with van der Waals surface area (Å²) in [5, 5.41) is 11.1. The van der Waals surface area contributed by atoms with Crippen molar-refractivity contribution in [2.24, 2.45) is 0 Å². The van der Waals surface area contributed by atoms with E-state index in [1.165, 1.54) is 11.2 Å². The van der Waals surface area contributed by atoms with Crippen LogP contribution in [0.2, 0.25) is 0 Å². The molecule has 7 heteroatoms. The topological polar surface area (TPSA) is 64.8 Å². The van der Waals surface area contributed by atoms with Crippen LogP contribution in [0.25, 0.3) is 0 Å². The predicted octanol–water partition coefficient (Wildman–Crippen LogP) is 2.87. The smallest absolute Gasteiger partial charge is 0.182 e. The molecule has 2 aromatic rings. The minimum Gasteiger partial charge on any atom is -0.359 e. The zero-order chi connectivity index (χ0) is 13.7. The number of hydrogen-bond donors (Lipinski definition) is 1. The highest BCUT2D eigenvalue weighted by atomic mass is 79.9. The van der Waals surface area contributed by atoms with Gasteiger partial charge < -0.3 is 4.90 Å². The summed E-state index contributed by atoms with van der Waals surface area (Å²) >= 11 is 5.19. The lowest BCUT2D eigenvalue weighted by molar-refractivity contribution is 0.865. The van der Waals surface area contributed by atoms with E-state index >= 15 is 0 Å². The summed E-state index contributed by atoms with van der Waals surface area (Å²) < 4.78 is 1.15. The maximum absolute atomic E-state index is 8.57. The van der Waals surface area contributed by atoms with Crippen molar-refractivity contribution >= 4 is 38.9 Å². The van der Waals surface area contributed by atoms with E-state index in [4.69, 9.17) is 5.26 Å². The van der Waals surface area contributed by atoms with Crippen LogP contribution in [0, 0.1) is 11.5 Å². The average Bonchev–Trinajstić information content (AvgIpc) is 2.82. The third-order valence-corrected chi connectivity index (χ3v) is 4.23. The second-order valence-corrected chi connectivity index (χ2v) is 6.42. The van der Waals surface area contributed by atoms with Crippen molar-refractivity contribution in [2.45, 2.75) is 6.42 Å². The molecule has 5 nitrogen and oxygen atoms in total. The fourth-order valence-corrected chi connectivity index (χ4v) is 3.03. The fraction of sp³-hybridized carbons (Fsp3) is 0.250. The van der Waals surface area contributed by atoms with Crippen molar-refractivity contribution in [3.05, 3.63) is 33.2 Å². The van der Waals surface area contributed by atoms with Crippen LogP contribution in [0.5, 0.6) is 0 Å². The SMILES string of the molecule is CN(CCc1ccc(Br)s1)c1cc(NC#N)ncn1. The quantitative estimate of drug-likeness (QED) is 0.671. The van der Waals surface area contributed by atoms with Crippen LogP contribution in [-0.2, 0) is 6.42 Å². The van der Waals surface area contributed by atoms with Gasteiger partial charge in [-0.3, -0.25) is 5.32 Å². The van der Waals surface area contributed by atoms with E-state index in [0.717, 1.165) is 22.6 Å². The van der Waals surface area contributed by atoms with Gasteiger partial charge in [-0.1, -0.05) is 0 Å². The van der Waals surface area contributed by atoms with Gasteiger partial charge in [-0.25, -0.2) is 9.97 Å². The fourth-order valence-electron chi connectivity index (χ4n) is 1.56. The van der Waals surface area contributed by atoms with Gasteiger partial charge in [-0.15, -0.1) is 11.3 Å². The van der Waals surface area contributed by atoms with Crippen LogP contribution < -0.4 is 10.2 Å². The molecule has 0 aliphatic heterocycles. The number of anilines is 2. The second-order valence-electron chi connectivity index (χ2n) is 3.88. The Balaban J connectivity index is 1.97. The standard InChI is InChI=1S/C12H12BrN5S/c1-18(5-4-9-2-3-10(13)19-9)12-6-11(15-7-14)16-8-17-12/h2-3,6,8H,4-5H2,1H3,(H,15,16,17). The molecule has 0 fully saturated rings. The molecule has 98 valence electrons. The molecule has 0 aliphatic rings. The van der Waals surface area contributed by atoms with Gasteiger partial charge in [0.1, 0.15) is 18.0 Å². The van der Waals surface area contributed by atoms with Crippen molar-refractivity contribution in [1.29, 1.82) is 5.26 Å². The first-order chi connectivity index (χ1) is 9.19. The molecule has 0 aliphatic carbocycles. The van der Waals surface area contributed by atoms with Crippen LogP contribution in [0.15, 0.2) is 28.3 Å². The van der Waals surface area contributed by atoms with Crippen LogP contribution in [0.3, 0.4) is 0 Å². The highest BCUT2D eigenvalue weighted by Crippen LogP contribution is 2.23. The molecular weight excluding hydrogens is 326 g/mol. The molecule has 0 saturated carbocycles. The van der Waals surface area contributed by atoms with E-state index in [1.54, 1.807) is 17.4 Å². The van der Waals surface area contributed by atoms with Crippen molar-refractivity contribution in [1.82, 2.24) is 9.97 Å². The Kier molecular flexibility index (Phi) is 4.71. The van der Waals surface area contributed by atoms with E-state index in [-0.39, 0.29) is 0 Å². The molecule has 0 aromatic carbocycles. The lowest BCUT2D eigenvalue weighted by Crippen LogP contribution is -2.21. The molecular formula is C12H12BrN5S. The first-order valence-corrected chi connectivity index (χ1v) is 7.22. The summed E-state index contributed by atoms with van der Waals surface area (Å²) in [6.07, 6.45) is 4.26. The second kappa shape index (κ2) is 6.50. The summed E-state index contributed by atoms with van der Waals surface area (Å²) in [5.74, 6) is 1.31. The van der Waals surface area contributed by atoms with Gasteiger partial charge in [0.2, 0.25) is 0 Å². The molecule has 0 atom stereocenters. The van der Waals surface area contributed by atoms with Gasteiger partial charge >= 0.3 is 0 Å². The Labute approximate surface area is 124 Å². The van der Waals surface area contributed by atoms with E-state index in [1.807, 2.05) is 18.1 Å². The van der Waals surface area contributed by atoms with Crippen molar-refractivity contribution in [3.63, 3.8) is 0 Å². The Bertz CT molecular complexity index is 592. The summed E-state index contributed by atoms with van der Waals surface area (Å²) in [7, 11) is 1.97. The number of rotatable bonds is 5. The number of nitrogens with zero attached hydrogens (tertiary/aromatic N) is 4. The van der Waals surface area contributed by atoms with Gasteiger partial charge in [0.05, 0.1) is 3.79 Å². The molecule has 2 aromatic heterocycles. The van der Waals surface area contributed by atoms with Crippen molar-refractivity contribution < 1.29 is 0 Å². The first-order valence-electron chi connectivity index (χ1n) is 5.61. The summed E-state index contributed by atoms with van der Waals surface area (Å²) in [6, 6.07) is 5.93. The van der Waals surface area contributed by atoms with Crippen molar-refractivity contribution in [3.8, 4) is 6.19 Å². The lowest BCUT2D eigenvalue weighted by atomic mass is 10.3. The lowest BCUT2D eigenvalue weighted by Gasteiger charge is -2.17. The summed E-state index contributed by atoms with van der Waals surface area (Å²) in [5.41, 5.74) is 0. The van der Waals surface area contributed by atoms with Crippen LogP contribution in [0.4, 0.5) is 11.6 Å². The van der Waals surface area contributed by atoms with Gasteiger partial charge in [0.25, 0.3) is 0 Å². The molecule has 1 N–H and O–H groups in total. The number of likely N-dealkylation sites (N-methyl/N-ethyl adjacent to an activating group) is 1. The maximum Gasteiger partial charge on any atom is 0.182 e. The normalized spacial score (nSPS) is 9.95. The Morgan fingerprint density at radius 3 is 3.00 bits per heavy atom. The van der Waals surface area contributed by atoms with Gasteiger partial charge in [-0.05, 0) is 34.5 Å². The molecule has 0 spiro atoms. The molecule has 0 radical (unpaired) electrons. The Morgan fingerprint density at radius 1 is 1.47 bits per heavy atom. The number of thiophene rings is 1. The molecule has 2 rings (SSSR count). The van der Waals surface area contributed by atoms with E-state index in [9.17, 15) is 0 Å². The van der Waals surface area contributed by atoms with Crippen LogP contribution in [0.1, 0.15) is 4.88 Å². The molecule has 0 amide bonds. The molecule has 0 bridgehead atoms. The Hall–Kier alpha value is -1.65. The van der Waals surface area contributed by atoms with Crippen LogP contribution in [-0.4, -0.2) is 23.6 Å². The first kappa shape index (κ1) is 13.8. The van der Waals surface area contributed by atoms with Crippen molar-refractivity contribution in [2.75, 3.05) is 23.8 Å². The van der Waals surface area contributed by atoms with E-state index in [0.29, 0.717) is 5.82 Å². The predicted molar refractivity (Wildman–Crippen MR) is 80.3 cm³/mol. The highest BCUT2D eigenvalue weighted by molar-refractivity contribution is 9.11. The molecule has 0 saturated heterocycles. The van der Waals surface area contributed by atoms with Gasteiger partial charge in [0.15, 0.2) is 6.19 Å². The van der Waals surface area contributed by atoms with Gasteiger partial charge in [0, 0.05) is 24.5 Å². The number of nitriles is 1. The average molecular weight is 338 g/mol. The number of aromatic nitrogens is 2. The minimum atomic E-state index is 0.512. The molecule has 0 unspecified atom stereocenters. The van der Waals surface area contributed by atoms with Crippen LogP contribution >= 0.6 is 27.3 Å². The summed E-state index contributed by atoms with van der Waals surface area (Å²) in [4.78, 5) is 11.5. The Morgan fingerprint density at radius 2 is 2.32 bits per heavy atom. The van der Waals surface area contributed by atoms with E-state index < -0.39 is 0 Å². The maximum atomic E-state index is 8.57.